The van der Waals surface area contributed by atoms with Crippen LogP contribution >= 0.6 is 0 Å². The zero-order chi connectivity index (χ0) is 24.0. The van der Waals surface area contributed by atoms with E-state index in [-0.39, 0.29) is 18.2 Å². The van der Waals surface area contributed by atoms with Crippen molar-refractivity contribution in [1.82, 2.24) is 9.97 Å². The molecular weight excluding hydrogens is 442 g/mol. The summed E-state index contributed by atoms with van der Waals surface area (Å²) in [5.74, 6) is 1.04. The van der Waals surface area contributed by atoms with Crippen LogP contribution in [0.2, 0.25) is 0 Å². The van der Waals surface area contributed by atoms with Crippen molar-refractivity contribution in [1.29, 1.82) is 0 Å². The first kappa shape index (κ1) is 22.6. The molecule has 0 radical (unpaired) electrons. The Kier molecular flexibility index (Phi) is 6.72. The number of aliphatic hydroxyl groups is 1. The average Bonchev–Trinajstić information content (AvgIpc) is 2.87. The Morgan fingerprint density at radius 1 is 0.857 bits per heavy atom. The van der Waals surface area contributed by atoms with Crippen LogP contribution in [-0.4, -0.2) is 33.3 Å². The van der Waals surface area contributed by atoms with E-state index in [2.05, 4.69) is 25.9 Å². The van der Waals surface area contributed by atoms with Gasteiger partial charge in [0.2, 0.25) is 5.88 Å². The van der Waals surface area contributed by atoms with Crippen molar-refractivity contribution in [2.24, 2.45) is 0 Å². The summed E-state index contributed by atoms with van der Waals surface area (Å²) in [6, 6.07) is 21.9. The number of carbonyl (C=O) groups is 1. The number of hydrogen-bond acceptors (Lipinski definition) is 6. The zero-order valence-corrected chi connectivity index (χ0v) is 19.1. The number of nitrogens with one attached hydrogen (secondary N) is 3. The molecule has 1 aliphatic rings. The van der Waals surface area contributed by atoms with E-state index in [1.165, 1.54) is 6.33 Å². The van der Waals surface area contributed by atoms with Crippen molar-refractivity contribution in [2.45, 2.75) is 37.8 Å². The average molecular weight is 470 g/mol. The maximum Gasteiger partial charge on any atom is 0.323 e. The van der Waals surface area contributed by atoms with Crippen LogP contribution in [0.4, 0.5) is 21.9 Å². The predicted molar refractivity (Wildman–Crippen MR) is 137 cm³/mol. The molecule has 2 atom stereocenters. The molecule has 0 unspecified atom stereocenters. The number of hydrogen-bond donors (Lipinski definition) is 4. The second kappa shape index (κ2) is 10.4. The van der Waals surface area contributed by atoms with E-state index in [1.807, 2.05) is 48.5 Å². The van der Waals surface area contributed by atoms with E-state index in [0.717, 1.165) is 42.3 Å². The topological polar surface area (TPSA) is 108 Å². The van der Waals surface area contributed by atoms with Gasteiger partial charge in [-0.3, -0.25) is 0 Å². The first-order chi connectivity index (χ1) is 17.1. The quantitative estimate of drug-likeness (QED) is 0.285. The normalized spacial score (nSPS) is 17.5. The lowest BCUT2D eigenvalue weighted by Crippen LogP contribution is -2.36. The number of benzene rings is 3. The summed E-state index contributed by atoms with van der Waals surface area (Å²) in [5, 5.41) is 20.1. The number of amides is 2. The minimum Gasteiger partial charge on any atom is -0.438 e. The predicted octanol–water partition coefficient (Wildman–Crippen LogP) is 5.78. The van der Waals surface area contributed by atoms with Crippen molar-refractivity contribution in [3.8, 4) is 11.6 Å². The van der Waals surface area contributed by atoms with E-state index in [9.17, 15) is 9.90 Å². The number of aliphatic hydroxyl groups excluding tert-OH is 1. The lowest BCUT2D eigenvalue weighted by Gasteiger charge is -2.29. The van der Waals surface area contributed by atoms with Crippen molar-refractivity contribution in [3.05, 3.63) is 79.1 Å². The molecule has 1 fully saturated rings. The molecule has 1 heterocycles. The van der Waals surface area contributed by atoms with Gasteiger partial charge >= 0.3 is 6.03 Å². The van der Waals surface area contributed by atoms with E-state index in [1.54, 1.807) is 24.3 Å². The van der Waals surface area contributed by atoms with Crippen molar-refractivity contribution in [3.63, 3.8) is 0 Å². The summed E-state index contributed by atoms with van der Waals surface area (Å²) in [4.78, 5) is 20.9. The van der Waals surface area contributed by atoms with Crippen LogP contribution in [-0.2, 0) is 0 Å². The third kappa shape index (κ3) is 5.67. The molecule has 3 aromatic carbocycles. The van der Waals surface area contributed by atoms with Gasteiger partial charge < -0.3 is 25.8 Å². The van der Waals surface area contributed by atoms with Gasteiger partial charge in [-0.15, -0.1) is 0 Å². The number of para-hydroxylation sites is 1. The van der Waals surface area contributed by atoms with Gasteiger partial charge in [0, 0.05) is 17.1 Å². The van der Waals surface area contributed by atoms with Crippen LogP contribution in [0.15, 0.2) is 79.1 Å². The molecule has 1 aliphatic carbocycles. The molecule has 178 valence electrons. The Morgan fingerprint density at radius 3 is 2.34 bits per heavy atom. The summed E-state index contributed by atoms with van der Waals surface area (Å²) in [7, 11) is 0. The van der Waals surface area contributed by atoms with Gasteiger partial charge in [-0.1, -0.05) is 31.0 Å². The Labute approximate surface area is 203 Å². The standard InChI is InChI=1S/C27H27N5O3/c33-25-9-5-4-8-23(25)30-20-12-15-22-24(16-20)28-17-29-26(22)35-21-13-10-19(11-14-21)32-27(34)31-18-6-2-1-3-7-18/h1-3,6-7,10-17,23,25,30,33H,4-5,8-9H2,(H2,31,32,34)/t23-,25-/m1/s1. The fourth-order valence-corrected chi connectivity index (χ4v) is 4.23. The number of ether oxygens (including phenoxy) is 1. The molecule has 4 aromatic rings. The number of urea groups is 1. The highest BCUT2D eigenvalue weighted by molar-refractivity contribution is 5.99. The minimum atomic E-state index is -0.328. The molecule has 2 amide bonds. The third-order valence-electron chi connectivity index (χ3n) is 6.04. The largest absolute Gasteiger partial charge is 0.438 e. The van der Waals surface area contributed by atoms with Gasteiger partial charge in [-0.25, -0.2) is 14.8 Å². The molecule has 4 N–H and O–H groups in total. The fraction of sp³-hybridized carbons (Fsp3) is 0.222. The number of anilines is 3. The number of fused-ring (bicyclic) bond motifs is 1. The van der Waals surface area contributed by atoms with Crippen LogP contribution in [0, 0.1) is 0 Å². The zero-order valence-electron chi connectivity index (χ0n) is 19.1. The van der Waals surface area contributed by atoms with Gasteiger partial charge in [0.15, 0.2) is 0 Å². The van der Waals surface area contributed by atoms with Gasteiger partial charge in [0.1, 0.15) is 12.1 Å². The second-order valence-electron chi connectivity index (χ2n) is 8.58. The lowest BCUT2D eigenvalue weighted by atomic mass is 9.92. The monoisotopic (exact) mass is 469 g/mol. The van der Waals surface area contributed by atoms with Gasteiger partial charge in [0.05, 0.1) is 23.0 Å². The number of carbonyl (C=O) groups excluding carboxylic acids is 1. The second-order valence-corrected chi connectivity index (χ2v) is 8.58. The SMILES string of the molecule is O=C(Nc1ccccc1)Nc1ccc(Oc2ncnc3cc(N[C@@H]4CCCC[C@H]4O)ccc23)cc1. The van der Waals surface area contributed by atoms with Crippen LogP contribution in [0.3, 0.4) is 0 Å². The molecule has 8 heteroatoms. The Balaban J connectivity index is 1.24. The van der Waals surface area contributed by atoms with Crippen molar-refractivity contribution < 1.29 is 14.6 Å². The highest BCUT2D eigenvalue weighted by Gasteiger charge is 2.22. The van der Waals surface area contributed by atoms with Crippen molar-refractivity contribution in [2.75, 3.05) is 16.0 Å². The highest BCUT2D eigenvalue weighted by atomic mass is 16.5. The molecular formula is C27H27N5O3. The Morgan fingerprint density at radius 2 is 1.57 bits per heavy atom. The summed E-state index contributed by atoms with van der Waals surface area (Å²) in [6.45, 7) is 0. The lowest BCUT2D eigenvalue weighted by molar-refractivity contribution is 0.116. The molecule has 8 nitrogen and oxygen atoms in total. The van der Waals surface area contributed by atoms with Crippen LogP contribution in [0.1, 0.15) is 25.7 Å². The van der Waals surface area contributed by atoms with Crippen LogP contribution < -0.4 is 20.7 Å². The van der Waals surface area contributed by atoms with Gasteiger partial charge in [-0.2, -0.15) is 0 Å². The molecule has 1 saturated carbocycles. The molecule has 5 rings (SSSR count). The van der Waals surface area contributed by atoms with E-state index < -0.39 is 0 Å². The third-order valence-corrected chi connectivity index (χ3v) is 6.04. The van der Waals surface area contributed by atoms with Crippen molar-refractivity contribution >= 4 is 34.0 Å². The molecule has 35 heavy (non-hydrogen) atoms. The van der Waals surface area contributed by atoms with Gasteiger partial charge in [0.25, 0.3) is 0 Å². The smallest absolute Gasteiger partial charge is 0.323 e. The number of nitrogens with zero attached hydrogens (tertiary/aromatic N) is 2. The number of aromatic nitrogens is 2. The first-order valence-corrected chi connectivity index (χ1v) is 11.7. The molecule has 0 bridgehead atoms. The highest BCUT2D eigenvalue weighted by Crippen LogP contribution is 2.30. The van der Waals surface area contributed by atoms with Crippen LogP contribution in [0.5, 0.6) is 11.6 Å². The van der Waals surface area contributed by atoms with Crippen LogP contribution in [0.25, 0.3) is 10.9 Å². The minimum absolute atomic E-state index is 0.0562. The maximum atomic E-state index is 12.2. The molecule has 0 spiro atoms. The summed E-state index contributed by atoms with van der Waals surface area (Å²) >= 11 is 0. The van der Waals surface area contributed by atoms with E-state index >= 15 is 0 Å². The summed E-state index contributed by atoms with van der Waals surface area (Å²) < 4.78 is 6.01. The molecule has 0 aliphatic heterocycles. The molecule has 1 aromatic heterocycles. The van der Waals surface area contributed by atoms with E-state index in [4.69, 9.17) is 4.74 Å². The van der Waals surface area contributed by atoms with E-state index in [0.29, 0.717) is 23.0 Å². The first-order valence-electron chi connectivity index (χ1n) is 11.7. The fourth-order valence-electron chi connectivity index (χ4n) is 4.23. The Hall–Kier alpha value is -4.17. The van der Waals surface area contributed by atoms with Gasteiger partial charge in [-0.05, 0) is 67.4 Å². The molecule has 0 saturated heterocycles. The summed E-state index contributed by atoms with van der Waals surface area (Å²) in [6.07, 6.45) is 5.12. The maximum absolute atomic E-state index is 12.2. The number of rotatable bonds is 6. The summed E-state index contributed by atoms with van der Waals surface area (Å²) in [5.41, 5.74) is 3.02. The Bertz CT molecular complexity index is 1300.